The lowest BCUT2D eigenvalue weighted by Gasteiger charge is -2.22. The lowest BCUT2D eigenvalue weighted by atomic mass is 10.1. The third kappa shape index (κ3) is 3.23. The van der Waals surface area contributed by atoms with E-state index in [0.717, 1.165) is 0 Å². The van der Waals surface area contributed by atoms with Gasteiger partial charge in [-0.3, -0.25) is 9.69 Å². The minimum Gasteiger partial charge on any atom is -0.468 e. The predicted molar refractivity (Wildman–Crippen MR) is 68.2 cm³/mol. The molecule has 1 saturated heterocycles. The zero-order valence-corrected chi connectivity index (χ0v) is 11.2. The van der Waals surface area contributed by atoms with Crippen LogP contribution in [0.4, 0.5) is 4.39 Å². The Labute approximate surface area is 115 Å². The Balaban J connectivity index is 2.14. The Morgan fingerprint density at radius 2 is 2.37 bits per heavy atom. The van der Waals surface area contributed by atoms with E-state index in [0.29, 0.717) is 30.1 Å². The van der Waals surface area contributed by atoms with Crippen LogP contribution in [-0.2, 0) is 16.1 Å². The highest BCUT2D eigenvalue weighted by molar-refractivity contribution is 6.31. The Morgan fingerprint density at radius 3 is 3.00 bits per heavy atom. The molecular weight excluding hydrogens is 273 g/mol. The number of carbonyl (C=O) groups excluding carboxylic acids is 1. The molecule has 4 nitrogen and oxygen atoms in total. The fourth-order valence-electron chi connectivity index (χ4n) is 2.30. The molecule has 2 rings (SSSR count). The molecule has 0 aliphatic carbocycles. The fraction of sp³-hybridized carbons (Fsp3) is 0.462. The van der Waals surface area contributed by atoms with Crippen molar-refractivity contribution >= 4 is 17.6 Å². The van der Waals surface area contributed by atoms with Crippen molar-refractivity contribution in [3.8, 4) is 0 Å². The van der Waals surface area contributed by atoms with Crippen LogP contribution in [0.25, 0.3) is 0 Å². The Kier molecular flexibility index (Phi) is 4.39. The summed E-state index contributed by atoms with van der Waals surface area (Å²) in [6.45, 7) is 0.739. The molecule has 1 aromatic carbocycles. The molecule has 2 atom stereocenters. The van der Waals surface area contributed by atoms with Crippen molar-refractivity contribution in [3.05, 3.63) is 34.6 Å². The van der Waals surface area contributed by atoms with Crippen molar-refractivity contribution in [2.24, 2.45) is 0 Å². The van der Waals surface area contributed by atoms with Crippen LogP contribution in [0.1, 0.15) is 12.0 Å². The van der Waals surface area contributed by atoms with Gasteiger partial charge in [-0.15, -0.1) is 0 Å². The van der Waals surface area contributed by atoms with Gasteiger partial charge in [-0.05, 0) is 17.7 Å². The molecule has 0 spiro atoms. The van der Waals surface area contributed by atoms with Gasteiger partial charge < -0.3 is 9.84 Å². The maximum Gasteiger partial charge on any atom is 0.323 e. The van der Waals surface area contributed by atoms with Crippen LogP contribution < -0.4 is 0 Å². The number of likely N-dealkylation sites (tertiary alicyclic amines) is 1. The van der Waals surface area contributed by atoms with E-state index in [4.69, 9.17) is 16.3 Å². The predicted octanol–water partition coefficient (Wildman–Crippen LogP) is 1.59. The summed E-state index contributed by atoms with van der Waals surface area (Å²) in [5.74, 6) is -0.783. The smallest absolute Gasteiger partial charge is 0.323 e. The number of aliphatic hydroxyl groups is 1. The van der Waals surface area contributed by atoms with E-state index < -0.39 is 18.0 Å². The zero-order valence-electron chi connectivity index (χ0n) is 10.5. The highest BCUT2D eigenvalue weighted by Crippen LogP contribution is 2.25. The first kappa shape index (κ1) is 14.2. The second-order valence-corrected chi connectivity index (χ2v) is 5.00. The molecule has 2 unspecified atom stereocenters. The molecule has 0 amide bonds. The summed E-state index contributed by atoms with van der Waals surface area (Å²) in [4.78, 5) is 13.4. The third-order valence-electron chi connectivity index (χ3n) is 3.24. The SMILES string of the molecule is COC(=O)C1CC(O)CN1Cc1ccc(F)cc1Cl. The van der Waals surface area contributed by atoms with Gasteiger partial charge >= 0.3 is 5.97 Å². The van der Waals surface area contributed by atoms with Crippen molar-refractivity contribution in [1.29, 1.82) is 0 Å². The average Bonchev–Trinajstić information content (AvgIpc) is 2.73. The molecule has 1 aromatic rings. The molecule has 1 aliphatic heterocycles. The van der Waals surface area contributed by atoms with Gasteiger partial charge in [0.2, 0.25) is 0 Å². The first-order chi connectivity index (χ1) is 9.01. The van der Waals surface area contributed by atoms with Crippen LogP contribution >= 0.6 is 11.6 Å². The summed E-state index contributed by atoms with van der Waals surface area (Å²) in [6, 6.07) is 3.65. The van der Waals surface area contributed by atoms with Gasteiger partial charge in [-0.25, -0.2) is 4.39 Å². The lowest BCUT2D eigenvalue weighted by Crippen LogP contribution is -2.36. The monoisotopic (exact) mass is 287 g/mol. The number of methoxy groups -OCH3 is 1. The van der Waals surface area contributed by atoms with Crippen molar-refractivity contribution in [3.63, 3.8) is 0 Å². The molecule has 1 fully saturated rings. The van der Waals surface area contributed by atoms with Crippen LogP contribution in [-0.4, -0.2) is 41.8 Å². The standard InChI is InChI=1S/C13H15ClFNO3/c1-19-13(18)12-5-10(17)7-16(12)6-8-2-3-9(15)4-11(8)14/h2-4,10,12,17H,5-7H2,1H3. The summed E-state index contributed by atoms with van der Waals surface area (Å²) >= 11 is 5.96. The molecule has 1 aliphatic rings. The second-order valence-electron chi connectivity index (χ2n) is 4.59. The number of esters is 1. The zero-order chi connectivity index (χ0) is 14.0. The molecule has 104 valence electrons. The summed E-state index contributed by atoms with van der Waals surface area (Å²) in [6.07, 6.45) is -0.228. The highest BCUT2D eigenvalue weighted by atomic mass is 35.5. The summed E-state index contributed by atoms with van der Waals surface area (Å²) in [5.41, 5.74) is 0.714. The minimum absolute atomic E-state index is 0.310. The summed E-state index contributed by atoms with van der Waals surface area (Å²) < 4.78 is 17.7. The fourth-order valence-corrected chi connectivity index (χ4v) is 2.53. The number of benzene rings is 1. The van der Waals surface area contributed by atoms with Gasteiger partial charge in [0.15, 0.2) is 0 Å². The number of hydrogen-bond acceptors (Lipinski definition) is 4. The van der Waals surface area contributed by atoms with Crippen molar-refractivity contribution in [2.45, 2.75) is 25.1 Å². The first-order valence-corrected chi connectivity index (χ1v) is 6.33. The van der Waals surface area contributed by atoms with Crippen LogP contribution in [0.5, 0.6) is 0 Å². The summed E-state index contributed by atoms with van der Waals surface area (Å²) in [5, 5.41) is 9.97. The topological polar surface area (TPSA) is 49.8 Å². The molecule has 0 aromatic heterocycles. The highest BCUT2D eigenvalue weighted by Gasteiger charge is 2.36. The molecule has 1 N–H and O–H groups in total. The van der Waals surface area contributed by atoms with Crippen LogP contribution in [0.2, 0.25) is 5.02 Å². The maximum atomic E-state index is 13.0. The molecule has 0 saturated carbocycles. The number of carbonyl (C=O) groups is 1. The second kappa shape index (κ2) is 5.86. The number of nitrogens with zero attached hydrogens (tertiary/aromatic N) is 1. The Morgan fingerprint density at radius 1 is 1.63 bits per heavy atom. The van der Waals surface area contributed by atoms with Crippen LogP contribution in [0, 0.1) is 5.82 Å². The Hall–Kier alpha value is -1.17. The van der Waals surface area contributed by atoms with E-state index >= 15 is 0 Å². The summed E-state index contributed by atoms with van der Waals surface area (Å²) in [7, 11) is 1.32. The van der Waals surface area contributed by atoms with E-state index in [9.17, 15) is 14.3 Å². The average molecular weight is 288 g/mol. The number of β-amino-alcohol motifs (C(OH)–C–C–N with tert-alkyl or cyclic N) is 1. The molecule has 1 heterocycles. The minimum atomic E-state index is -0.566. The third-order valence-corrected chi connectivity index (χ3v) is 3.60. The first-order valence-electron chi connectivity index (χ1n) is 5.95. The van der Waals surface area contributed by atoms with E-state index in [1.807, 2.05) is 0 Å². The number of ether oxygens (including phenoxy) is 1. The molecule has 19 heavy (non-hydrogen) atoms. The number of hydrogen-bond donors (Lipinski definition) is 1. The van der Waals surface area contributed by atoms with Gasteiger partial charge in [0.25, 0.3) is 0 Å². The van der Waals surface area contributed by atoms with E-state index in [1.54, 1.807) is 11.0 Å². The van der Waals surface area contributed by atoms with Crippen molar-refractivity contribution in [1.82, 2.24) is 4.90 Å². The van der Waals surface area contributed by atoms with E-state index in [1.165, 1.54) is 19.2 Å². The molecule has 6 heteroatoms. The van der Waals surface area contributed by atoms with Gasteiger partial charge in [-0.1, -0.05) is 17.7 Å². The molecule has 0 radical (unpaired) electrons. The normalized spacial score (nSPS) is 23.6. The number of rotatable bonds is 3. The number of halogens is 2. The number of aliphatic hydroxyl groups excluding tert-OH is 1. The van der Waals surface area contributed by atoms with Crippen molar-refractivity contribution in [2.75, 3.05) is 13.7 Å². The van der Waals surface area contributed by atoms with Gasteiger partial charge in [0.1, 0.15) is 11.9 Å². The molecule has 0 bridgehead atoms. The Bertz CT molecular complexity index is 483. The van der Waals surface area contributed by atoms with E-state index in [-0.39, 0.29) is 5.97 Å². The van der Waals surface area contributed by atoms with Gasteiger partial charge in [-0.2, -0.15) is 0 Å². The van der Waals surface area contributed by atoms with Crippen molar-refractivity contribution < 1.29 is 19.0 Å². The van der Waals surface area contributed by atoms with Gasteiger partial charge in [0.05, 0.1) is 13.2 Å². The lowest BCUT2D eigenvalue weighted by molar-refractivity contribution is -0.146. The molecular formula is C13H15ClFNO3. The quantitative estimate of drug-likeness (QED) is 0.858. The van der Waals surface area contributed by atoms with Crippen LogP contribution in [0.15, 0.2) is 18.2 Å². The maximum absolute atomic E-state index is 13.0. The largest absolute Gasteiger partial charge is 0.468 e. The van der Waals surface area contributed by atoms with Crippen LogP contribution in [0.3, 0.4) is 0 Å². The van der Waals surface area contributed by atoms with E-state index in [2.05, 4.69) is 0 Å². The van der Waals surface area contributed by atoms with Gasteiger partial charge in [0, 0.05) is 24.5 Å².